The predicted molar refractivity (Wildman–Crippen MR) is 122 cm³/mol. The Morgan fingerprint density at radius 2 is 0.857 bits per heavy atom. The highest BCUT2D eigenvalue weighted by Gasteiger charge is 2.47. The van der Waals surface area contributed by atoms with Crippen LogP contribution in [0.15, 0.2) is 120 Å². The van der Waals surface area contributed by atoms with Crippen LogP contribution in [-0.4, -0.2) is 0 Å². The average Bonchev–Trinajstić information content (AvgIpc) is 2.75. The third-order valence-corrected chi connectivity index (χ3v) is 11.8. The molecule has 0 aliphatic rings. The molecule has 0 aliphatic carbocycles. The van der Waals surface area contributed by atoms with E-state index in [-0.39, 0.29) is 17.0 Å². The summed E-state index contributed by atoms with van der Waals surface area (Å²) in [5.74, 6) is 0. The Labute approximate surface area is 182 Å². The van der Waals surface area contributed by atoms with Crippen molar-refractivity contribution in [1.29, 1.82) is 0 Å². The summed E-state index contributed by atoms with van der Waals surface area (Å²) in [4.78, 5) is 1.31. The highest BCUT2D eigenvalue weighted by atomic mass is 79.9. The van der Waals surface area contributed by atoms with E-state index >= 15 is 0 Å². The van der Waals surface area contributed by atoms with E-state index in [9.17, 15) is 0 Å². The molecule has 4 rings (SSSR count). The summed E-state index contributed by atoms with van der Waals surface area (Å²) in [7, 11) is 0. The molecule has 0 fully saturated rings. The lowest BCUT2D eigenvalue weighted by atomic mass is 10.2. The topological polar surface area (TPSA) is 0 Å². The highest BCUT2D eigenvalue weighted by molar-refractivity contribution is 8.69. The molecule has 28 heavy (non-hydrogen) atoms. The van der Waals surface area contributed by atoms with E-state index in [1.54, 1.807) is 0 Å². The molecule has 0 radical (unpaired) electrons. The van der Waals surface area contributed by atoms with Crippen molar-refractivity contribution < 1.29 is 17.0 Å². The van der Waals surface area contributed by atoms with Crippen molar-refractivity contribution in [3.8, 4) is 0 Å². The summed E-state index contributed by atoms with van der Waals surface area (Å²) in [5, 5.41) is 4.19. The molecule has 0 saturated carbocycles. The lowest BCUT2D eigenvalue weighted by Crippen LogP contribution is -3.00. The Morgan fingerprint density at radius 3 is 1.21 bits per heavy atom. The number of benzene rings is 4. The van der Waals surface area contributed by atoms with E-state index in [4.69, 9.17) is 0 Å². The molecule has 0 N–H and O–H groups in total. The van der Waals surface area contributed by atoms with Gasteiger partial charge in [0.2, 0.25) is 0 Å². The van der Waals surface area contributed by atoms with Gasteiger partial charge in [-0.2, -0.15) is 0 Å². The quantitative estimate of drug-likeness (QED) is 0.409. The average molecular weight is 465 g/mol. The first-order valence-corrected chi connectivity index (χ1v) is 12.3. The molecule has 140 valence electrons. The Hall–Kier alpha value is -1.86. The van der Waals surface area contributed by atoms with Gasteiger partial charge < -0.3 is 17.0 Å². The number of rotatable bonds is 5. The maximum Gasteiger partial charge on any atom is 0.176 e. The number of aryl methyl sites for hydroxylation is 1. The van der Waals surface area contributed by atoms with E-state index in [2.05, 4.69) is 122 Å². The fraction of sp³-hybridized carbons (Fsp3) is 0.0400. The summed E-state index contributed by atoms with van der Waals surface area (Å²) in [6, 6.07) is 41.9. The van der Waals surface area contributed by atoms with Gasteiger partial charge in [-0.15, -0.1) is 0 Å². The van der Waals surface area contributed by atoms with Crippen LogP contribution in [0.2, 0.25) is 0 Å². The van der Waals surface area contributed by atoms with Crippen molar-refractivity contribution in [3.05, 3.63) is 121 Å². The van der Waals surface area contributed by atoms with E-state index in [1.807, 2.05) is 11.4 Å². The molecule has 0 saturated heterocycles. The van der Waals surface area contributed by atoms with Gasteiger partial charge in [-0.05, 0) is 55.5 Å². The van der Waals surface area contributed by atoms with E-state index in [0.29, 0.717) is 0 Å². The Kier molecular flexibility index (Phi) is 7.13. The Balaban J connectivity index is 0.00000225. The zero-order valence-corrected chi connectivity index (χ0v) is 19.0. The van der Waals surface area contributed by atoms with Crippen molar-refractivity contribution in [2.24, 2.45) is 0 Å². The largest absolute Gasteiger partial charge is 1.00 e. The minimum absolute atomic E-state index is 0. The van der Waals surface area contributed by atoms with E-state index in [0.717, 1.165) is 0 Å². The first kappa shape index (κ1) is 20.9. The van der Waals surface area contributed by atoms with Gasteiger partial charge in [-0.25, -0.2) is 0 Å². The van der Waals surface area contributed by atoms with Crippen molar-refractivity contribution in [2.45, 2.75) is 11.8 Å². The van der Waals surface area contributed by atoms with Gasteiger partial charge in [0.05, 0.1) is 11.4 Å². The van der Waals surface area contributed by atoms with Gasteiger partial charge in [-0.1, -0.05) is 72.3 Å². The van der Waals surface area contributed by atoms with Crippen LogP contribution in [0, 0.1) is 6.92 Å². The van der Waals surface area contributed by atoms with Gasteiger partial charge in [-0.3, -0.25) is 0 Å². The molecule has 0 aromatic heterocycles. The first-order chi connectivity index (χ1) is 13.3. The third-order valence-electron chi connectivity index (χ3n) is 4.62. The molecule has 0 spiro atoms. The summed E-state index contributed by atoms with van der Waals surface area (Å²) in [6.45, 7) is 0.268. The zero-order chi connectivity index (χ0) is 18.5. The van der Waals surface area contributed by atoms with Gasteiger partial charge in [0.15, 0.2) is 6.46 Å². The Morgan fingerprint density at radius 1 is 0.500 bits per heavy atom. The lowest BCUT2D eigenvalue weighted by Gasteiger charge is -2.25. The van der Waals surface area contributed by atoms with Gasteiger partial charge >= 0.3 is 0 Å². The van der Waals surface area contributed by atoms with Crippen LogP contribution in [0.25, 0.3) is 0 Å². The van der Waals surface area contributed by atoms with Crippen LogP contribution < -0.4 is 32.9 Å². The SMILES string of the molecule is Cc1ccc(S[P+](c2ccccc2)(c2ccccc2)c2ccccc2)cc1.[Br-]. The molecular formula is C25H22BrPS. The van der Waals surface area contributed by atoms with Crippen LogP contribution in [0.1, 0.15) is 5.56 Å². The van der Waals surface area contributed by atoms with Crippen molar-refractivity contribution in [3.63, 3.8) is 0 Å². The van der Waals surface area contributed by atoms with Crippen molar-refractivity contribution in [1.82, 2.24) is 0 Å². The molecule has 0 unspecified atom stereocenters. The summed E-state index contributed by atoms with van der Waals surface area (Å²) in [5.41, 5.74) is 1.29. The molecule has 4 aromatic rings. The molecule has 0 aliphatic heterocycles. The second-order valence-corrected chi connectivity index (χ2v) is 12.1. The molecule has 4 aromatic carbocycles. The maximum atomic E-state index is 2.29. The normalized spacial score (nSPS) is 10.9. The minimum atomic E-state index is -1.87. The molecule has 0 heterocycles. The Bertz CT molecular complexity index is 890. The predicted octanol–water partition coefficient (Wildman–Crippen LogP) is 3.00. The molecule has 0 atom stereocenters. The maximum absolute atomic E-state index is 2.29. The van der Waals surface area contributed by atoms with Crippen LogP contribution >= 0.6 is 17.8 Å². The fourth-order valence-electron chi connectivity index (χ4n) is 3.28. The molecule has 0 amide bonds. The van der Waals surface area contributed by atoms with E-state index in [1.165, 1.54) is 26.4 Å². The van der Waals surface area contributed by atoms with Crippen LogP contribution in [0.3, 0.4) is 0 Å². The molecular weight excluding hydrogens is 443 g/mol. The molecule has 3 heteroatoms. The monoisotopic (exact) mass is 464 g/mol. The molecule has 0 bridgehead atoms. The van der Waals surface area contributed by atoms with Gasteiger partial charge in [0.1, 0.15) is 15.9 Å². The van der Waals surface area contributed by atoms with E-state index < -0.39 is 6.46 Å². The molecule has 0 nitrogen and oxygen atoms in total. The van der Waals surface area contributed by atoms with Crippen molar-refractivity contribution >= 4 is 33.8 Å². The summed E-state index contributed by atoms with van der Waals surface area (Å²) in [6.07, 6.45) is 0. The van der Waals surface area contributed by atoms with Crippen LogP contribution in [0.4, 0.5) is 0 Å². The minimum Gasteiger partial charge on any atom is -1.00 e. The second-order valence-electron chi connectivity index (χ2n) is 6.52. The zero-order valence-electron chi connectivity index (χ0n) is 15.7. The summed E-state index contributed by atoms with van der Waals surface area (Å²) < 4.78 is 0. The highest BCUT2D eigenvalue weighted by Crippen LogP contribution is 2.69. The lowest BCUT2D eigenvalue weighted by molar-refractivity contribution is -0.00000517. The summed E-state index contributed by atoms with van der Waals surface area (Å²) >= 11 is 2.02. The first-order valence-electron chi connectivity index (χ1n) is 9.11. The number of hydrogen-bond acceptors (Lipinski definition) is 1. The second kappa shape index (κ2) is 9.56. The van der Waals surface area contributed by atoms with Crippen LogP contribution in [0.5, 0.6) is 0 Å². The fourth-order valence-corrected chi connectivity index (χ4v) is 10.2. The smallest absolute Gasteiger partial charge is 0.176 e. The number of halogens is 1. The third kappa shape index (κ3) is 4.25. The van der Waals surface area contributed by atoms with Crippen LogP contribution in [-0.2, 0) is 0 Å². The standard InChI is InChI=1S/C25H22PS.BrH/c1-21-17-19-25(20-18-21)27-26(22-11-5-2-6-12-22,23-13-7-3-8-14-23)24-15-9-4-10-16-24;/h2-20H,1H3;1H/q+1;/p-1. The van der Waals surface area contributed by atoms with Crippen molar-refractivity contribution in [2.75, 3.05) is 0 Å². The van der Waals surface area contributed by atoms with Gasteiger partial charge in [0, 0.05) is 4.90 Å². The number of hydrogen-bond donors (Lipinski definition) is 0. The van der Waals surface area contributed by atoms with Gasteiger partial charge in [0.25, 0.3) is 0 Å².